The standard InChI is InChI=1S/C18H29BrN4O2/c1-2-20-18(21-8-3-10-23-11-14-24-15-12-23)22-9-13-25-17-6-4-16(19)5-7-17/h4-7H,2-3,8-15H2,1H3,(H2,20,21,22). The monoisotopic (exact) mass is 412 g/mol. The van der Waals surface area contributed by atoms with E-state index in [1.807, 2.05) is 24.3 Å². The lowest BCUT2D eigenvalue weighted by Crippen LogP contribution is -2.39. The Labute approximate surface area is 159 Å². The van der Waals surface area contributed by atoms with Crippen LogP contribution in [0.25, 0.3) is 0 Å². The molecular formula is C18H29BrN4O2. The Morgan fingerprint density at radius 3 is 2.72 bits per heavy atom. The van der Waals surface area contributed by atoms with Gasteiger partial charge in [0.1, 0.15) is 12.4 Å². The molecule has 1 heterocycles. The van der Waals surface area contributed by atoms with Crippen LogP contribution in [-0.2, 0) is 4.74 Å². The number of rotatable bonds is 9. The first-order valence-electron chi connectivity index (χ1n) is 8.98. The summed E-state index contributed by atoms with van der Waals surface area (Å²) < 4.78 is 12.1. The number of guanidine groups is 1. The zero-order chi connectivity index (χ0) is 17.7. The lowest BCUT2D eigenvalue weighted by atomic mass is 10.3. The minimum absolute atomic E-state index is 0.597. The van der Waals surface area contributed by atoms with Gasteiger partial charge in [-0.3, -0.25) is 9.89 Å². The smallest absolute Gasteiger partial charge is 0.191 e. The molecule has 0 bridgehead atoms. The van der Waals surface area contributed by atoms with Gasteiger partial charge in [0, 0.05) is 37.2 Å². The summed E-state index contributed by atoms with van der Waals surface area (Å²) in [5.41, 5.74) is 0. The summed E-state index contributed by atoms with van der Waals surface area (Å²) in [5, 5.41) is 6.58. The molecule has 0 aromatic heterocycles. The SMILES string of the molecule is CCNC(=NCCCN1CCOCC1)NCCOc1ccc(Br)cc1. The van der Waals surface area contributed by atoms with E-state index in [1.54, 1.807) is 0 Å². The van der Waals surface area contributed by atoms with Gasteiger partial charge >= 0.3 is 0 Å². The van der Waals surface area contributed by atoms with E-state index in [-0.39, 0.29) is 0 Å². The Hall–Kier alpha value is -1.31. The molecular weight excluding hydrogens is 384 g/mol. The largest absolute Gasteiger partial charge is 0.492 e. The van der Waals surface area contributed by atoms with Crippen LogP contribution in [0.2, 0.25) is 0 Å². The first-order chi connectivity index (χ1) is 12.3. The second kappa shape index (κ2) is 12.1. The van der Waals surface area contributed by atoms with Gasteiger partial charge in [0.15, 0.2) is 5.96 Å². The predicted molar refractivity (Wildman–Crippen MR) is 105 cm³/mol. The normalized spacial score (nSPS) is 15.8. The van der Waals surface area contributed by atoms with Crippen molar-refractivity contribution in [1.29, 1.82) is 0 Å². The summed E-state index contributed by atoms with van der Waals surface area (Å²) in [4.78, 5) is 7.06. The van der Waals surface area contributed by atoms with E-state index >= 15 is 0 Å². The Bertz CT molecular complexity index is 504. The van der Waals surface area contributed by atoms with E-state index in [0.717, 1.165) is 68.5 Å². The van der Waals surface area contributed by atoms with E-state index < -0.39 is 0 Å². The van der Waals surface area contributed by atoms with E-state index in [1.165, 1.54) is 0 Å². The first-order valence-corrected chi connectivity index (χ1v) is 9.78. The molecule has 1 aliphatic heterocycles. The summed E-state index contributed by atoms with van der Waals surface area (Å²) in [6, 6.07) is 7.86. The highest BCUT2D eigenvalue weighted by Gasteiger charge is 2.08. The van der Waals surface area contributed by atoms with Gasteiger partial charge in [-0.15, -0.1) is 0 Å². The molecule has 140 valence electrons. The minimum atomic E-state index is 0.597. The third-order valence-corrected chi connectivity index (χ3v) is 4.36. The molecule has 25 heavy (non-hydrogen) atoms. The highest BCUT2D eigenvalue weighted by Crippen LogP contribution is 2.15. The fourth-order valence-electron chi connectivity index (χ4n) is 2.52. The molecule has 0 radical (unpaired) electrons. The van der Waals surface area contributed by atoms with Crippen LogP contribution < -0.4 is 15.4 Å². The lowest BCUT2D eigenvalue weighted by molar-refractivity contribution is 0.0377. The van der Waals surface area contributed by atoms with Crippen LogP contribution in [0.15, 0.2) is 33.7 Å². The van der Waals surface area contributed by atoms with Gasteiger partial charge in [-0.2, -0.15) is 0 Å². The van der Waals surface area contributed by atoms with Gasteiger partial charge < -0.3 is 20.1 Å². The first kappa shape index (κ1) is 20.0. The average Bonchev–Trinajstić information content (AvgIpc) is 2.64. The highest BCUT2D eigenvalue weighted by molar-refractivity contribution is 9.10. The van der Waals surface area contributed by atoms with Gasteiger partial charge in [-0.1, -0.05) is 15.9 Å². The molecule has 1 fully saturated rings. The number of benzene rings is 1. The Balaban J connectivity index is 1.62. The number of ether oxygens (including phenoxy) is 2. The number of aliphatic imine (C=N–C) groups is 1. The lowest BCUT2D eigenvalue weighted by Gasteiger charge is -2.26. The van der Waals surface area contributed by atoms with Crippen LogP contribution in [-0.4, -0.2) is 69.9 Å². The number of halogens is 1. The van der Waals surface area contributed by atoms with Crippen molar-refractivity contribution in [2.75, 3.05) is 59.1 Å². The van der Waals surface area contributed by atoms with Crippen LogP contribution in [0.3, 0.4) is 0 Å². The molecule has 0 atom stereocenters. The molecule has 0 saturated carbocycles. The number of morpholine rings is 1. The zero-order valence-electron chi connectivity index (χ0n) is 15.0. The van der Waals surface area contributed by atoms with E-state index in [9.17, 15) is 0 Å². The number of hydrogen-bond acceptors (Lipinski definition) is 4. The molecule has 1 saturated heterocycles. The summed E-state index contributed by atoms with van der Waals surface area (Å²) in [7, 11) is 0. The number of nitrogens with zero attached hydrogens (tertiary/aromatic N) is 2. The van der Waals surface area contributed by atoms with Crippen LogP contribution in [0.1, 0.15) is 13.3 Å². The van der Waals surface area contributed by atoms with Gasteiger partial charge in [0.05, 0.1) is 19.8 Å². The Morgan fingerprint density at radius 2 is 2.00 bits per heavy atom. The van der Waals surface area contributed by atoms with Gasteiger partial charge in [-0.25, -0.2) is 0 Å². The molecule has 1 aromatic carbocycles. The molecule has 6 nitrogen and oxygen atoms in total. The maximum atomic E-state index is 5.71. The second-order valence-electron chi connectivity index (χ2n) is 5.80. The summed E-state index contributed by atoms with van der Waals surface area (Å²) >= 11 is 3.42. The third-order valence-electron chi connectivity index (χ3n) is 3.83. The minimum Gasteiger partial charge on any atom is -0.492 e. The van der Waals surface area contributed by atoms with E-state index in [0.29, 0.717) is 13.2 Å². The zero-order valence-corrected chi connectivity index (χ0v) is 16.6. The summed E-state index contributed by atoms with van der Waals surface area (Å²) in [6.45, 7) is 9.92. The highest BCUT2D eigenvalue weighted by atomic mass is 79.9. The molecule has 0 unspecified atom stereocenters. The molecule has 2 rings (SSSR count). The topological polar surface area (TPSA) is 58.1 Å². The average molecular weight is 413 g/mol. The fraction of sp³-hybridized carbons (Fsp3) is 0.611. The summed E-state index contributed by atoms with van der Waals surface area (Å²) in [6.07, 6.45) is 1.06. The molecule has 0 spiro atoms. The van der Waals surface area contributed by atoms with Crippen LogP contribution >= 0.6 is 15.9 Å². The molecule has 2 N–H and O–H groups in total. The molecule has 0 amide bonds. The van der Waals surface area contributed by atoms with Crippen molar-refractivity contribution in [3.8, 4) is 5.75 Å². The quantitative estimate of drug-likeness (QED) is 0.369. The summed E-state index contributed by atoms with van der Waals surface area (Å²) in [5.74, 6) is 1.72. The van der Waals surface area contributed by atoms with Crippen LogP contribution in [0.5, 0.6) is 5.75 Å². The molecule has 7 heteroatoms. The predicted octanol–water partition coefficient (Wildman–Crippen LogP) is 2.11. The fourth-order valence-corrected chi connectivity index (χ4v) is 2.79. The van der Waals surface area contributed by atoms with Crippen LogP contribution in [0.4, 0.5) is 0 Å². The van der Waals surface area contributed by atoms with E-state index in [2.05, 4.69) is 43.4 Å². The molecule has 0 aliphatic carbocycles. The van der Waals surface area contributed by atoms with Crippen molar-refractivity contribution in [3.05, 3.63) is 28.7 Å². The van der Waals surface area contributed by atoms with Crippen molar-refractivity contribution in [2.45, 2.75) is 13.3 Å². The maximum absolute atomic E-state index is 5.71. The van der Waals surface area contributed by atoms with Gasteiger partial charge in [0.25, 0.3) is 0 Å². The van der Waals surface area contributed by atoms with Crippen molar-refractivity contribution in [1.82, 2.24) is 15.5 Å². The van der Waals surface area contributed by atoms with Crippen LogP contribution in [0, 0.1) is 0 Å². The van der Waals surface area contributed by atoms with E-state index in [4.69, 9.17) is 9.47 Å². The van der Waals surface area contributed by atoms with Gasteiger partial charge in [-0.05, 0) is 37.6 Å². The number of nitrogens with one attached hydrogen (secondary N) is 2. The van der Waals surface area contributed by atoms with Crippen molar-refractivity contribution >= 4 is 21.9 Å². The van der Waals surface area contributed by atoms with Crippen molar-refractivity contribution < 1.29 is 9.47 Å². The Kier molecular flexibility index (Phi) is 9.69. The van der Waals surface area contributed by atoms with Crippen molar-refractivity contribution in [2.24, 2.45) is 4.99 Å². The second-order valence-corrected chi connectivity index (χ2v) is 6.71. The number of hydrogen-bond donors (Lipinski definition) is 2. The van der Waals surface area contributed by atoms with Crippen molar-refractivity contribution in [3.63, 3.8) is 0 Å². The molecule has 1 aromatic rings. The maximum Gasteiger partial charge on any atom is 0.191 e. The third kappa shape index (κ3) is 8.56. The van der Waals surface area contributed by atoms with Gasteiger partial charge in [0.2, 0.25) is 0 Å². The molecule has 1 aliphatic rings. The Morgan fingerprint density at radius 1 is 1.24 bits per heavy atom.